The average Bonchev–Trinajstić information content (AvgIpc) is 3.49. The van der Waals surface area contributed by atoms with Crippen LogP contribution in [0.3, 0.4) is 0 Å². The number of fused-ring (bicyclic) bond motifs is 4. The number of piperidine rings is 3. The van der Waals surface area contributed by atoms with Crippen molar-refractivity contribution in [1.29, 1.82) is 0 Å². The van der Waals surface area contributed by atoms with Crippen molar-refractivity contribution in [2.45, 2.75) is 37.8 Å². The molecule has 0 N–H and O–H groups in total. The van der Waals surface area contributed by atoms with Crippen LogP contribution in [0.25, 0.3) is 10.9 Å². The van der Waals surface area contributed by atoms with Crippen LogP contribution in [0.1, 0.15) is 31.7 Å². The van der Waals surface area contributed by atoms with Crippen molar-refractivity contribution in [3.63, 3.8) is 0 Å². The number of hydrogen-bond acceptors (Lipinski definition) is 4. The summed E-state index contributed by atoms with van der Waals surface area (Å²) in [5.74, 6) is 2.62. The summed E-state index contributed by atoms with van der Waals surface area (Å²) >= 11 is 0. The third-order valence-electron chi connectivity index (χ3n) is 6.81. The summed E-state index contributed by atoms with van der Waals surface area (Å²) in [4.78, 5) is 7.25. The van der Waals surface area contributed by atoms with Gasteiger partial charge in [0.1, 0.15) is 11.4 Å². The normalized spacial score (nSPS) is 36.6. The van der Waals surface area contributed by atoms with Crippen molar-refractivity contribution in [1.82, 2.24) is 9.88 Å². The largest absolute Gasteiger partial charge is 0.497 e. The van der Waals surface area contributed by atoms with Crippen LogP contribution in [0, 0.1) is 11.8 Å². The quantitative estimate of drug-likeness (QED) is 0.799. The second-order valence-corrected chi connectivity index (χ2v) is 7.88. The van der Waals surface area contributed by atoms with E-state index in [-0.39, 0.29) is 5.60 Å². The van der Waals surface area contributed by atoms with Gasteiger partial charge in [-0.25, -0.2) is 0 Å². The molecule has 0 spiro atoms. The van der Waals surface area contributed by atoms with E-state index >= 15 is 0 Å². The molecule has 4 aliphatic heterocycles. The second-order valence-electron chi connectivity index (χ2n) is 7.88. The highest BCUT2D eigenvalue weighted by molar-refractivity contribution is 5.85. The lowest BCUT2D eigenvalue weighted by Gasteiger charge is -2.51. The average molecular weight is 338 g/mol. The Balaban J connectivity index is 1.56. The zero-order chi connectivity index (χ0) is 17.0. The van der Waals surface area contributed by atoms with E-state index in [0.29, 0.717) is 6.04 Å². The summed E-state index contributed by atoms with van der Waals surface area (Å²) in [6.07, 6.45) is 5.86. The first-order chi connectivity index (χ1) is 12.2. The van der Waals surface area contributed by atoms with Crippen molar-refractivity contribution in [3.8, 4) is 5.75 Å². The number of aromatic nitrogens is 1. The van der Waals surface area contributed by atoms with E-state index in [0.717, 1.165) is 29.7 Å². The summed E-state index contributed by atoms with van der Waals surface area (Å²) in [6, 6.07) is 8.82. The number of nitrogens with zero attached hydrogens (tertiary/aromatic N) is 2. The van der Waals surface area contributed by atoms with Crippen LogP contribution in [-0.2, 0) is 10.3 Å². The number of ether oxygens (including phenoxy) is 2. The first-order valence-electron chi connectivity index (χ1n) is 9.56. The Morgan fingerprint density at radius 3 is 2.92 bits per heavy atom. The maximum absolute atomic E-state index is 6.21. The number of methoxy groups -OCH3 is 1. The Bertz CT molecular complexity index is 802. The predicted molar refractivity (Wildman–Crippen MR) is 97.8 cm³/mol. The third-order valence-corrected chi connectivity index (χ3v) is 6.81. The Hall–Kier alpha value is -1.65. The lowest BCUT2D eigenvalue weighted by molar-refractivity contribution is -0.0353. The van der Waals surface area contributed by atoms with Crippen LogP contribution in [0.2, 0.25) is 0 Å². The van der Waals surface area contributed by atoms with E-state index in [4.69, 9.17) is 9.47 Å². The molecule has 25 heavy (non-hydrogen) atoms. The third kappa shape index (κ3) is 2.31. The maximum Gasteiger partial charge on any atom is 0.133 e. The van der Waals surface area contributed by atoms with E-state index in [2.05, 4.69) is 28.9 Å². The van der Waals surface area contributed by atoms with Gasteiger partial charge in [0.15, 0.2) is 0 Å². The summed E-state index contributed by atoms with van der Waals surface area (Å²) in [5.41, 5.74) is 2.17. The van der Waals surface area contributed by atoms with E-state index < -0.39 is 0 Å². The van der Waals surface area contributed by atoms with Crippen LogP contribution in [0.4, 0.5) is 0 Å². The summed E-state index contributed by atoms with van der Waals surface area (Å²) in [6.45, 7) is 5.63. The monoisotopic (exact) mass is 338 g/mol. The van der Waals surface area contributed by atoms with Crippen LogP contribution >= 0.6 is 0 Å². The standard InChI is InChI=1S/C21H26N2O2/c1-3-14-12-23-9-7-15(14)10-20(23)21(13-25-21)18-6-8-22-19-5-4-16(24-2)11-17(18)19/h4-6,8,11,14-15,20H,3,7,9-10,12-13H2,1-2H3. The van der Waals surface area contributed by atoms with E-state index in [1.807, 2.05) is 18.3 Å². The van der Waals surface area contributed by atoms with E-state index in [1.54, 1.807) is 7.11 Å². The molecule has 4 nitrogen and oxygen atoms in total. The Labute approximate surface area is 149 Å². The van der Waals surface area contributed by atoms with Gasteiger partial charge in [0.25, 0.3) is 0 Å². The highest BCUT2D eigenvalue weighted by Gasteiger charge is 2.59. The van der Waals surface area contributed by atoms with Gasteiger partial charge in [-0.15, -0.1) is 0 Å². The minimum Gasteiger partial charge on any atom is -0.497 e. The minimum atomic E-state index is -0.148. The maximum atomic E-state index is 6.21. The molecule has 2 aromatic rings. The van der Waals surface area contributed by atoms with Gasteiger partial charge in [0.2, 0.25) is 0 Å². The van der Waals surface area contributed by atoms with Gasteiger partial charge in [0.05, 0.1) is 19.2 Å². The van der Waals surface area contributed by atoms with Crippen molar-refractivity contribution < 1.29 is 9.47 Å². The molecule has 0 saturated carbocycles. The molecule has 4 fully saturated rings. The number of benzene rings is 1. The molecule has 2 bridgehead atoms. The molecule has 0 aliphatic carbocycles. The van der Waals surface area contributed by atoms with Crippen LogP contribution in [0.5, 0.6) is 5.75 Å². The van der Waals surface area contributed by atoms with Gasteiger partial charge in [-0.1, -0.05) is 13.3 Å². The lowest BCUT2D eigenvalue weighted by atomic mass is 9.70. The summed E-state index contributed by atoms with van der Waals surface area (Å²) < 4.78 is 11.7. The Morgan fingerprint density at radius 2 is 2.24 bits per heavy atom. The first-order valence-corrected chi connectivity index (χ1v) is 9.56. The molecule has 0 amide bonds. The molecule has 5 unspecified atom stereocenters. The van der Waals surface area contributed by atoms with Gasteiger partial charge in [-0.2, -0.15) is 0 Å². The second kappa shape index (κ2) is 5.68. The van der Waals surface area contributed by atoms with E-state index in [9.17, 15) is 0 Å². The highest BCUT2D eigenvalue weighted by atomic mass is 16.6. The van der Waals surface area contributed by atoms with Gasteiger partial charge < -0.3 is 9.47 Å². The van der Waals surface area contributed by atoms with Gasteiger partial charge >= 0.3 is 0 Å². The van der Waals surface area contributed by atoms with Gasteiger partial charge in [-0.3, -0.25) is 9.88 Å². The Morgan fingerprint density at radius 1 is 1.36 bits per heavy atom. The number of epoxide rings is 1. The number of hydrogen-bond donors (Lipinski definition) is 0. The van der Waals surface area contributed by atoms with Crippen molar-refractivity contribution in [2.75, 3.05) is 26.8 Å². The molecule has 6 rings (SSSR count). The molecule has 1 aromatic carbocycles. The zero-order valence-corrected chi connectivity index (χ0v) is 15.1. The van der Waals surface area contributed by atoms with Crippen molar-refractivity contribution in [2.24, 2.45) is 11.8 Å². The fourth-order valence-corrected chi connectivity index (χ4v) is 5.31. The van der Waals surface area contributed by atoms with Crippen molar-refractivity contribution >= 4 is 10.9 Å². The van der Waals surface area contributed by atoms with Gasteiger partial charge in [0, 0.05) is 24.2 Å². The molecular formula is C21H26N2O2. The Kier molecular flexibility index (Phi) is 3.54. The topological polar surface area (TPSA) is 37.9 Å². The van der Waals surface area contributed by atoms with Gasteiger partial charge in [-0.05, 0) is 61.1 Å². The molecule has 132 valence electrons. The minimum absolute atomic E-state index is 0.148. The molecule has 4 aliphatic rings. The highest BCUT2D eigenvalue weighted by Crippen LogP contribution is 2.53. The predicted octanol–water partition coefficient (Wildman–Crippen LogP) is 3.59. The fraction of sp³-hybridized carbons (Fsp3) is 0.571. The van der Waals surface area contributed by atoms with E-state index in [1.165, 1.54) is 43.3 Å². The molecule has 4 heteroatoms. The van der Waals surface area contributed by atoms with Crippen LogP contribution < -0.4 is 4.74 Å². The molecule has 5 atom stereocenters. The fourth-order valence-electron chi connectivity index (χ4n) is 5.31. The summed E-state index contributed by atoms with van der Waals surface area (Å²) in [7, 11) is 1.72. The number of rotatable bonds is 4. The molecule has 1 aromatic heterocycles. The molecule has 5 heterocycles. The van der Waals surface area contributed by atoms with Crippen LogP contribution in [0.15, 0.2) is 30.5 Å². The van der Waals surface area contributed by atoms with Crippen LogP contribution in [-0.4, -0.2) is 42.7 Å². The molecule has 0 radical (unpaired) electrons. The SMILES string of the molecule is CCC1CN2CCC1CC2C1(c2ccnc3ccc(OC)cc23)CO1. The molecular weight excluding hydrogens is 312 g/mol. The van der Waals surface area contributed by atoms with Crippen molar-refractivity contribution in [3.05, 3.63) is 36.0 Å². The zero-order valence-electron chi connectivity index (χ0n) is 15.1. The summed E-state index contributed by atoms with van der Waals surface area (Å²) in [5, 5.41) is 1.18. The number of pyridine rings is 1. The lowest BCUT2D eigenvalue weighted by Crippen LogP contribution is -2.57. The first kappa shape index (κ1) is 15.6. The smallest absolute Gasteiger partial charge is 0.133 e. The molecule has 4 saturated heterocycles.